The number of nitrogens with zero attached hydrogens (tertiary/aromatic N) is 4. The molecule has 4 aromatic rings. The molecule has 2 amide bonds. The fraction of sp³-hybridized carbons (Fsp3) is 0.174. The van der Waals surface area contributed by atoms with Crippen LogP contribution in [0.2, 0.25) is 0 Å². The zero-order chi connectivity index (χ0) is 19.6. The van der Waals surface area contributed by atoms with E-state index in [1.54, 1.807) is 4.52 Å². The van der Waals surface area contributed by atoms with Crippen LogP contribution in [0.3, 0.4) is 0 Å². The summed E-state index contributed by atoms with van der Waals surface area (Å²) in [4.78, 5) is 19.5. The number of benzene rings is 2. The maximum absolute atomic E-state index is 13.2. The molecule has 29 heavy (non-hydrogen) atoms. The molecule has 6 nitrogen and oxygen atoms in total. The molecule has 0 fully saturated rings. The molecule has 0 radical (unpaired) electrons. The molecule has 1 unspecified atom stereocenters. The summed E-state index contributed by atoms with van der Waals surface area (Å²) in [6.45, 7) is 0.660. The van der Waals surface area contributed by atoms with Crippen molar-refractivity contribution >= 4 is 17.6 Å². The first-order valence-electron chi connectivity index (χ1n) is 9.79. The van der Waals surface area contributed by atoms with Crippen LogP contribution < -0.4 is 5.32 Å². The van der Waals surface area contributed by atoms with Gasteiger partial charge >= 0.3 is 6.03 Å². The number of fused-ring (bicyclic) bond motifs is 2. The maximum atomic E-state index is 13.2. The Morgan fingerprint density at radius 2 is 1.79 bits per heavy atom. The Hall–Kier alpha value is -3.67. The average molecular weight is 383 g/mol. The number of carbonyl (C=O) groups excluding carboxylic acids is 1. The van der Waals surface area contributed by atoms with Gasteiger partial charge in [-0.15, -0.1) is 5.10 Å². The third-order valence-electron chi connectivity index (χ3n) is 5.41. The van der Waals surface area contributed by atoms with E-state index >= 15 is 0 Å². The smallest absolute Gasteiger partial charge is 0.317 e. The van der Waals surface area contributed by atoms with Gasteiger partial charge in [0.1, 0.15) is 0 Å². The average Bonchev–Trinajstić information content (AvgIpc) is 3.17. The van der Waals surface area contributed by atoms with Gasteiger partial charge in [0.05, 0.1) is 6.04 Å². The Labute approximate surface area is 168 Å². The van der Waals surface area contributed by atoms with Gasteiger partial charge in [0.2, 0.25) is 0 Å². The summed E-state index contributed by atoms with van der Waals surface area (Å²) in [6.07, 6.45) is 3.42. The Kier molecular flexibility index (Phi) is 4.44. The molecule has 0 bridgehead atoms. The van der Waals surface area contributed by atoms with Crippen LogP contribution in [-0.4, -0.2) is 32.1 Å². The van der Waals surface area contributed by atoms with Crippen molar-refractivity contribution in [3.05, 3.63) is 95.7 Å². The summed E-state index contributed by atoms with van der Waals surface area (Å²) < 4.78 is 1.66. The Balaban J connectivity index is 1.44. The van der Waals surface area contributed by atoms with Gasteiger partial charge < -0.3 is 4.90 Å². The highest BCUT2D eigenvalue weighted by molar-refractivity contribution is 5.88. The van der Waals surface area contributed by atoms with Crippen LogP contribution in [-0.2, 0) is 12.8 Å². The molecule has 144 valence electrons. The number of urea groups is 1. The second-order valence-corrected chi connectivity index (χ2v) is 7.22. The summed E-state index contributed by atoms with van der Waals surface area (Å²) in [7, 11) is 0. The van der Waals surface area contributed by atoms with E-state index in [0.29, 0.717) is 18.1 Å². The van der Waals surface area contributed by atoms with Gasteiger partial charge in [0.25, 0.3) is 5.95 Å². The second kappa shape index (κ2) is 7.39. The molecular weight excluding hydrogens is 362 g/mol. The van der Waals surface area contributed by atoms with Crippen molar-refractivity contribution in [2.24, 2.45) is 0 Å². The first-order chi connectivity index (χ1) is 14.3. The lowest BCUT2D eigenvalue weighted by Crippen LogP contribution is -2.43. The lowest BCUT2D eigenvalue weighted by molar-refractivity contribution is 0.182. The second-order valence-electron chi connectivity index (χ2n) is 7.22. The van der Waals surface area contributed by atoms with Crippen molar-refractivity contribution < 1.29 is 4.79 Å². The zero-order valence-corrected chi connectivity index (χ0v) is 15.9. The van der Waals surface area contributed by atoms with E-state index in [9.17, 15) is 4.79 Å². The van der Waals surface area contributed by atoms with Crippen LogP contribution in [0.1, 0.15) is 22.7 Å². The van der Waals surface area contributed by atoms with E-state index in [0.717, 1.165) is 12.8 Å². The molecule has 0 saturated heterocycles. The van der Waals surface area contributed by atoms with Crippen molar-refractivity contribution in [2.75, 3.05) is 11.9 Å². The fourth-order valence-corrected chi connectivity index (χ4v) is 4.00. The van der Waals surface area contributed by atoms with Crippen LogP contribution in [0.4, 0.5) is 10.7 Å². The number of pyridine rings is 1. The predicted molar refractivity (Wildman–Crippen MR) is 112 cm³/mol. The van der Waals surface area contributed by atoms with Crippen molar-refractivity contribution in [1.29, 1.82) is 0 Å². The molecule has 6 heteroatoms. The minimum absolute atomic E-state index is 0.0284. The normalized spacial score (nSPS) is 15.9. The number of hydrogen-bond acceptors (Lipinski definition) is 3. The number of nitrogens with one attached hydrogen (secondary N) is 1. The number of hydrogen-bond donors (Lipinski definition) is 1. The van der Waals surface area contributed by atoms with Gasteiger partial charge in [-0.25, -0.2) is 9.31 Å². The summed E-state index contributed by atoms with van der Waals surface area (Å²) >= 11 is 0. The highest BCUT2D eigenvalue weighted by Crippen LogP contribution is 2.32. The molecule has 1 N–H and O–H groups in total. The fourth-order valence-electron chi connectivity index (χ4n) is 4.00. The molecule has 1 aliphatic heterocycles. The molecule has 0 aliphatic carbocycles. The third kappa shape index (κ3) is 3.45. The molecule has 0 spiro atoms. The molecule has 1 aliphatic rings. The molecule has 1 atom stereocenters. The molecular formula is C23H21N5O. The maximum Gasteiger partial charge on any atom is 0.324 e. The van der Waals surface area contributed by atoms with Gasteiger partial charge in [-0.2, -0.15) is 4.98 Å². The largest absolute Gasteiger partial charge is 0.324 e. The zero-order valence-electron chi connectivity index (χ0n) is 15.9. The van der Waals surface area contributed by atoms with E-state index < -0.39 is 0 Å². The van der Waals surface area contributed by atoms with Crippen LogP contribution >= 0.6 is 0 Å². The van der Waals surface area contributed by atoms with Crippen molar-refractivity contribution in [3.63, 3.8) is 0 Å². The summed E-state index contributed by atoms with van der Waals surface area (Å²) in [5, 5.41) is 7.24. The number of anilines is 1. The van der Waals surface area contributed by atoms with E-state index in [1.165, 1.54) is 16.7 Å². The number of amides is 2. The molecule has 0 saturated carbocycles. The van der Waals surface area contributed by atoms with Gasteiger partial charge in [-0.05, 0) is 41.7 Å². The van der Waals surface area contributed by atoms with E-state index in [2.05, 4.69) is 45.7 Å². The van der Waals surface area contributed by atoms with E-state index in [-0.39, 0.29) is 12.1 Å². The van der Waals surface area contributed by atoms with Gasteiger partial charge in [-0.3, -0.25) is 5.32 Å². The first kappa shape index (κ1) is 17.4. The van der Waals surface area contributed by atoms with Crippen LogP contribution in [0.15, 0.2) is 79.0 Å². The Morgan fingerprint density at radius 1 is 1.00 bits per heavy atom. The summed E-state index contributed by atoms with van der Waals surface area (Å²) in [5.41, 5.74) is 4.43. The van der Waals surface area contributed by atoms with Gasteiger partial charge in [0.15, 0.2) is 5.65 Å². The number of carbonyl (C=O) groups is 1. The predicted octanol–water partition coefficient (Wildman–Crippen LogP) is 4.10. The monoisotopic (exact) mass is 383 g/mol. The van der Waals surface area contributed by atoms with Crippen LogP contribution in [0.25, 0.3) is 5.65 Å². The van der Waals surface area contributed by atoms with Crippen molar-refractivity contribution in [3.8, 4) is 0 Å². The standard InChI is InChI=1S/C23H21N5O/c29-23(25-22-24-21-12-6-7-14-28(21)26-22)27-15-13-18-10-4-5-11-19(18)20(27)16-17-8-2-1-3-9-17/h1-12,14,20H,13,15-16H2,(H,25,26,29). The molecule has 5 rings (SSSR count). The first-order valence-corrected chi connectivity index (χ1v) is 9.79. The molecule has 3 heterocycles. The topological polar surface area (TPSA) is 62.5 Å². The minimum Gasteiger partial charge on any atom is -0.317 e. The Morgan fingerprint density at radius 3 is 2.66 bits per heavy atom. The Bertz CT molecular complexity index is 1120. The van der Waals surface area contributed by atoms with E-state index in [4.69, 9.17) is 0 Å². The van der Waals surface area contributed by atoms with Crippen LogP contribution in [0.5, 0.6) is 0 Å². The van der Waals surface area contributed by atoms with E-state index in [1.807, 2.05) is 53.6 Å². The number of aromatic nitrogens is 3. The van der Waals surface area contributed by atoms with Crippen molar-refractivity contribution in [1.82, 2.24) is 19.5 Å². The highest BCUT2D eigenvalue weighted by Gasteiger charge is 2.31. The third-order valence-corrected chi connectivity index (χ3v) is 5.41. The van der Waals surface area contributed by atoms with Gasteiger partial charge in [0, 0.05) is 12.7 Å². The summed E-state index contributed by atoms with van der Waals surface area (Å²) in [6, 6.07) is 24.1. The van der Waals surface area contributed by atoms with Gasteiger partial charge in [-0.1, -0.05) is 60.7 Å². The van der Waals surface area contributed by atoms with Crippen LogP contribution in [0, 0.1) is 0 Å². The molecule has 2 aromatic heterocycles. The highest BCUT2D eigenvalue weighted by atomic mass is 16.2. The van der Waals surface area contributed by atoms with Crippen molar-refractivity contribution in [2.45, 2.75) is 18.9 Å². The number of rotatable bonds is 3. The molecule has 2 aromatic carbocycles. The minimum atomic E-state index is -0.170. The lowest BCUT2D eigenvalue weighted by atomic mass is 9.89. The summed E-state index contributed by atoms with van der Waals surface area (Å²) in [5.74, 6) is 0.318. The quantitative estimate of drug-likeness (QED) is 0.579. The lowest BCUT2D eigenvalue weighted by Gasteiger charge is -2.37. The SMILES string of the molecule is O=C(Nc1nc2ccccn2n1)N1CCc2ccccc2C1Cc1ccccc1.